The van der Waals surface area contributed by atoms with Crippen LogP contribution in [0.2, 0.25) is 0 Å². The summed E-state index contributed by atoms with van der Waals surface area (Å²) in [6.45, 7) is 4.36. The second-order valence-corrected chi connectivity index (χ2v) is 2.44. The van der Waals surface area contributed by atoms with Gasteiger partial charge >= 0.3 is 0 Å². The summed E-state index contributed by atoms with van der Waals surface area (Å²) < 4.78 is 0. The minimum atomic E-state index is 0.542. The first-order valence-corrected chi connectivity index (χ1v) is 3.81. The molecule has 0 aliphatic heterocycles. The highest BCUT2D eigenvalue weighted by Crippen LogP contribution is 2.01. The van der Waals surface area contributed by atoms with Gasteiger partial charge in [0.1, 0.15) is 0 Å². The van der Waals surface area contributed by atoms with Crippen LogP contribution >= 0.6 is 0 Å². The molecule has 0 aliphatic carbocycles. The van der Waals surface area contributed by atoms with Crippen LogP contribution < -0.4 is 11.3 Å². The highest BCUT2D eigenvalue weighted by molar-refractivity contribution is 4.60. The Labute approximate surface area is 57.8 Å². The lowest BCUT2D eigenvalue weighted by molar-refractivity contribution is 0.455. The molecule has 9 heavy (non-hydrogen) atoms. The minimum Gasteiger partial charge on any atom is -0.271 e. The predicted molar refractivity (Wildman–Crippen MR) is 40.9 cm³/mol. The van der Waals surface area contributed by atoms with E-state index in [1.807, 2.05) is 0 Å². The van der Waals surface area contributed by atoms with Gasteiger partial charge in [-0.05, 0) is 12.8 Å². The first-order valence-electron chi connectivity index (χ1n) is 3.81. The average Bonchev–Trinajstić information content (AvgIpc) is 1.88. The van der Waals surface area contributed by atoms with Gasteiger partial charge in [-0.2, -0.15) is 0 Å². The third-order valence-electron chi connectivity index (χ3n) is 1.51. The summed E-state index contributed by atoms with van der Waals surface area (Å²) in [5, 5.41) is 0. The Morgan fingerprint density at radius 1 is 1.22 bits per heavy atom. The summed E-state index contributed by atoms with van der Waals surface area (Å²) in [4.78, 5) is 0. The number of hydrazine groups is 1. The van der Waals surface area contributed by atoms with Gasteiger partial charge in [0, 0.05) is 6.04 Å². The lowest BCUT2D eigenvalue weighted by Gasteiger charge is -2.12. The molecule has 56 valence electrons. The molecule has 2 nitrogen and oxygen atoms in total. The van der Waals surface area contributed by atoms with Crippen LogP contribution in [0.15, 0.2) is 0 Å². The highest BCUT2D eigenvalue weighted by Gasteiger charge is 2.00. The molecule has 0 fully saturated rings. The SMILES string of the molecule is CCCC(CCC)NN. The normalized spacial score (nSPS) is 10.7. The maximum atomic E-state index is 5.29. The van der Waals surface area contributed by atoms with Crippen molar-refractivity contribution in [2.45, 2.75) is 45.6 Å². The summed E-state index contributed by atoms with van der Waals surface area (Å²) in [7, 11) is 0. The zero-order valence-electron chi connectivity index (χ0n) is 6.48. The standard InChI is InChI=1S/C7H18N2/c1-3-5-7(9-8)6-4-2/h7,9H,3-6,8H2,1-2H3. The zero-order valence-corrected chi connectivity index (χ0v) is 6.48. The van der Waals surface area contributed by atoms with Crippen molar-refractivity contribution in [2.75, 3.05) is 0 Å². The van der Waals surface area contributed by atoms with E-state index in [9.17, 15) is 0 Å². The van der Waals surface area contributed by atoms with Crippen molar-refractivity contribution in [3.05, 3.63) is 0 Å². The molecule has 0 saturated heterocycles. The van der Waals surface area contributed by atoms with Gasteiger partial charge in [0.25, 0.3) is 0 Å². The maximum Gasteiger partial charge on any atom is 0.0210 e. The van der Waals surface area contributed by atoms with Crippen molar-refractivity contribution >= 4 is 0 Å². The zero-order chi connectivity index (χ0) is 7.11. The first kappa shape index (κ1) is 8.92. The van der Waals surface area contributed by atoms with Crippen LogP contribution in [0.25, 0.3) is 0 Å². The van der Waals surface area contributed by atoms with Crippen molar-refractivity contribution < 1.29 is 0 Å². The second kappa shape index (κ2) is 6.05. The molecular formula is C7H18N2. The van der Waals surface area contributed by atoms with Crippen LogP contribution in [-0.4, -0.2) is 6.04 Å². The predicted octanol–water partition coefficient (Wildman–Crippen LogP) is 1.42. The van der Waals surface area contributed by atoms with Crippen molar-refractivity contribution in [3.8, 4) is 0 Å². The fraction of sp³-hybridized carbons (Fsp3) is 1.00. The number of nitrogens with two attached hydrogens (primary N) is 1. The van der Waals surface area contributed by atoms with Crippen molar-refractivity contribution in [1.29, 1.82) is 0 Å². The van der Waals surface area contributed by atoms with E-state index in [4.69, 9.17) is 5.84 Å². The van der Waals surface area contributed by atoms with Crippen LogP contribution in [0.4, 0.5) is 0 Å². The molecule has 0 spiro atoms. The maximum absolute atomic E-state index is 5.29. The van der Waals surface area contributed by atoms with E-state index >= 15 is 0 Å². The molecule has 0 amide bonds. The summed E-state index contributed by atoms with van der Waals surface area (Å²) in [6.07, 6.45) is 4.83. The fourth-order valence-electron chi connectivity index (χ4n) is 1.01. The molecule has 0 radical (unpaired) electrons. The summed E-state index contributed by atoms with van der Waals surface area (Å²) in [5.74, 6) is 5.29. The molecule has 0 rings (SSSR count). The smallest absolute Gasteiger partial charge is 0.0210 e. The largest absolute Gasteiger partial charge is 0.271 e. The number of rotatable bonds is 5. The molecule has 0 aromatic carbocycles. The highest BCUT2D eigenvalue weighted by atomic mass is 15.2. The van der Waals surface area contributed by atoms with E-state index in [1.54, 1.807) is 0 Å². The Morgan fingerprint density at radius 2 is 1.67 bits per heavy atom. The molecule has 0 bridgehead atoms. The van der Waals surface area contributed by atoms with E-state index in [-0.39, 0.29) is 0 Å². The average molecular weight is 130 g/mol. The molecule has 0 atom stereocenters. The van der Waals surface area contributed by atoms with Gasteiger partial charge in [0.15, 0.2) is 0 Å². The van der Waals surface area contributed by atoms with Crippen LogP contribution in [0.3, 0.4) is 0 Å². The molecule has 0 saturated carbocycles. The number of hydrogen-bond donors (Lipinski definition) is 2. The van der Waals surface area contributed by atoms with Crippen molar-refractivity contribution in [1.82, 2.24) is 5.43 Å². The molecule has 0 unspecified atom stereocenters. The van der Waals surface area contributed by atoms with Gasteiger partial charge in [-0.25, -0.2) is 0 Å². The lowest BCUT2D eigenvalue weighted by atomic mass is 10.1. The van der Waals surface area contributed by atoms with Crippen molar-refractivity contribution in [2.24, 2.45) is 5.84 Å². The van der Waals surface area contributed by atoms with E-state index < -0.39 is 0 Å². The van der Waals surface area contributed by atoms with Gasteiger partial charge in [-0.15, -0.1) is 0 Å². The topological polar surface area (TPSA) is 38.0 Å². The summed E-state index contributed by atoms with van der Waals surface area (Å²) in [6, 6.07) is 0.542. The van der Waals surface area contributed by atoms with Gasteiger partial charge in [-0.3, -0.25) is 11.3 Å². The third kappa shape index (κ3) is 4.43. The Morgan fingerprint density at radius 3 is 1.89 bits per heavy atom. The van der Waals surface area contributed by atoms with Crippen LogP contribution in [0.1, 0.15) is 39.5 Å². The van der Waals surface area contributed by atoms with Crippen molar-refractivity contribution in [3.63, 3.8) is 0 Å². The van der Waals surface area contributed by atoms with Gasteiger partial charge in [-0.1, -0.05) is 26.7 Å². The van der Waals surface area contributed by atoms with E-state index in [0.717, 1.165) is 0 Å². The fourth-order valence-corrected chi connectivity index (χ4v) is 1.01. The summed E-state index contributed by atoms with van der Waals surface area (Å²) >= 11 is 0. The molecule has 2 heteroatoms. The van der Waals surface area contributed by atoms with E-state index in [2.05, 4.69) is 19.3 Å². The number of hydrogen-bond acceptors (Lipinski definition) is 2. The molecular weight excluding hydrogens is 112 g/mol. The van der Waals surface area contributed by atoms with Crippen LogP contribution in [0.5, 0.6) is 0 Å². The van der Waals surface area contributed by atoms with E-state index in [1.165, 1.54) is 25.7 Å². The molecule has 3 N–H and O–H groups in total. The molecule has 0 aliphatic rings. The van der Waals surface area contributed by atoms with Gasteiger partial charge in [0.05, 0.1) is 0 Å². The summed E-state index contributed by atoms with van der Waals surface area (Å²) in [5.41, 5.74) is 2.80. The Kier molecular flexibility index (Phi) is 5.99. The van der Waals surface area contributed by atoms with Gasteiger partial charge in [0.2, 0.25) is 0 Å². The van der Waals surface area contributed by atoms with E-state index in [0.29, 0.717) is 6.04 Å². The van der Waals surface area contributed by atoms with Crippen LogP contribution in [0, 0.1) is 0 Å². The van der Waals surface area contributed by atoms with Crippen LogP contribution in [-0.2, 0) is 0 Å². The van der Waals surface area contributed by atoms with Gasteiger partial charge < -0.3 is 0 Å². The monoisotopic (exact) mass is 130 g/mol. The molecule has 0 aromatic heterocycles. The minimum absolute atomic E-state index is 0.542. The lowest BCUT2D eigenvalue weighted by Crippen LogP contribution is -2.34. The Bertz CT molecular complexity index is 48.9. The number of nitrogens with one attached hydrogen (secondary N) is 1. The Hall–Kier alpha value is -0.0800. The first-order chi connectivity index (χ1) is 4.35. The Balaban J connectivity index is 3.18. The quantitative estimate of drug-likeness (QED) is 0.436. The molecule has 0 aromatic rings. The second-order valence-electron chi connectivity index (χ2n) is 2.44. The third-order valence-corrected chi connectivity index (χ3v) is 1.51. The molecule has 0 heterocycles.